The summed E-state index contributed by atoms with van der Waals surface area (Å²) in [6, 6.07) is 2.32. The Morgan fingerprint density at radius 2 is 2.15 bits per heavy atom. The van der Waals surface area contributed by atoms with Crippen molar-refractivity contribution in [2.45, 2.75) is 38.9 Å². The minimum absolute atomic E-state index is 0.465. The van der Waals surface area contributed by atoms with Crippen molar-refractivity contribution in [3.05, 3.63) is 24.4 Å². The van der Waals surface area contributed by atoms with E-state index in [1.807, 2.05) is 21.6 Å². The van der Waals surface area contributed by atoms with Crippen LogP contribution in [0, 0.1) is 0 Å². The molecule has 0 bridgehead atoms. The standard InChI is InChI=1S/C13H21N7/c1-2-19-13(15-10-16-19)9-18-6-3-11(4-7-18)20-8-5-12(14)17-20/h5,8,10-11H,2-4,6-7,9H2,1H3,(H2,14,17). The summed E-state index contributed by atoms with van der Waals surface area (Å²) >= 11 is 0. The van der Waals surface area contributed by atoms with Crippen molar-refractivity contribution in [2.75, 3.05) is 18.8 Å². The van der Waals surface area contributed by atoms with Gasteiger partial charge in [0.15, 0.2) is 0 Å². The van der Waals surface area contributed by atoms with Crippen LogP contribution >= 0.6 is 0 Å². The van der Waals surface area contributed by atoms with Crippen LogP contribution in [0.1, 0.15) is 31.6 Å². The lowest BCUT2D eigenvalue weighted by molar-refractivity contribution is 0.168. The molecule has 0 unspecified atom stereocenters. The summed E-state index contributed by atoms with van der Waals surface area (Å²) in [4.78, 5) is 6.77. The molecule has 2 aromatic heterocycles. The smallest absolute Gasteiger partial charge is 0.145 e. The first kappa shape index (κ1) is 13.1. The molecule has 0 aliphatic carbocycles. The van der Waals surface area contributed by atoms with Gasteiger partial charge in [-0.3, -0.25) is 9.58 Å². The van der Waals surface area contributed by atoms with E-state index >= 15 is 0 Å². The van der Waals surface area contributed by atoms with Crippen LogP contribution in [-0.4, -0.2) is 42.5 Å². The number of nitrogen functional groups attached to an aromatic ring is 1. The highest BCUT2D eigenvalue weighted by molar-refractivity contribution is 5.24. The van der Waals surface area contributed by atoms with E-state index < -0.39 is 0 Å². The highest BCUT2D eigenvalue weighted by atomic mass is 15.4. The number of hydrogen-bond donors (Lipinski definition) is 1. The van der Waals surface area contributed by atoms with E-state index in [-0.39, 0.29) is 0 Å². The summed E-state index contributed by atoms with van der Waals surface area (Å²) in [6.07, 6.45) is 5.81. The van der Waals surface area contributed by atoms with Gasteiger partial charge in [-0.25, -0.2) is 9.67 Å². The Kier molecular flexibility index (Phi) is 3.68. The zero-order chi connectivity index (χ0) is 13.9. The first-order valence-corrected chi connectivity index (χ1v) is 7.16. The zero-order valence-corrected chi connectivity index (χ0v) is 11.8. The molecule has 1 aliphatic heterocycles. The largest absolute Gasteiger partial charge is 0.382 e. The van der Waals surface area contributed by atoms with Gasteiger partial charge in [0.1, 0.15) is 18.0 Å². The number of nitrogens with zero attached hydrogens (tertiary/aromatic N) is 6. The molecule has 1 aliphatic rings. The van der Waals surface area contributed by atoms with Crippen molar-refractivity contribution in [3.63, 3.8) is 0 Å². The highest BCUT2D eigenvalue weighted by Gasteiger charge is 2.22. The molecule has 3 heterocycles. The molecule has 0 spiro atoms. The molecule has 2 N–H and O–H groups in total. The third kappa shape index (κ3) is 2.67. The van der Waals surface area contributed by atoms with Gasteiger partial charge in [-0.15, -0.1) is 0 Å². The SMILES string of the molecule is CCn1ncnc1CN1CCC(n2ccc(N)n2)CC1. The van der Waals surface area contributed by atoms with Crippen LogP contribution in [0.2, 0.25) is 0 Å². The Labute approximate surface area is 118 Å². The van der Waals surface area contributed by atoms with Crippen molar-refractivity contribution in [3.8, 4) is 0 Å². The Balaban J connectivity index is 1.56. The lowest BCUT2D eigenvalue weighted by Crippen LogP contribution is -2.35. The Bertz CT molecular complexity index is 551. The van der Waals surface area contributed by atoms with Crippen molar-refractivity contribution in [1.29, 1.82) is 0 Å². The third-order valence-corrected chi connectivity index (χ3v) is 3.92. The van der Waals surface area contributed by atoms with Gasteiger partial charge in [0, 0.05) is 25.8 Å². The average molecular weight is 275 g/mol. The van der Waals surface area contributed by atoms with Crippen LogP contribution in [-0.2, 0) is 13.1 Å². The van der Waals surface area contributed by atoms with E-state index in [0.717, 1.165) is 44.8 Å². The second-order valence-corrected chi connectivity index (χ2v) is 5.22. The van der Waals surface area contributed by atoms with Crippen LogP contribution in [0.4, 0.5) is 5.82 Å². The van der Waals surface area contributed by atoms with Crippen molar-refractivity contribution < 1.29 is 0 Å². The number of nitrogens with two attached hydrogens (primary N) is 1. The summed E-state index contributed by atoms with van der Waals surface area (Å²) in [7, 11) is 0. The summed E-state index contributed by atoms with van der Waals surface area (Å²) in [5.74, 6) is 1.65. The van der Waals surface area contributed by atoms with Gasteiger partial charge in [0.25, 0.3) is 0 Å². The maximum atomic E-state index is 5.67. The molecule has 0 aromatic carbocycles. The second-order valence-electron chi connectivity index (χ2n) is 5.22. The molecule has 0 amide bonds. The number of likely N-dealkylation sites (tertiary alicyclic amines) is 1. The van der Waals surface area contributed by atoms with E-state index in [1.165, 1.54) is 0 Å². The van der Waals surface area contributed by atoms with E-state index in [0.29, 0.717) is 11.9 Å². The number of aromatic nitrogens is 5. The van der Waals surface area contributed by atoms with Gasteiger partial charge in [-0.1, -0.05) is 0 Å². The van der Waals surface area contributed by atoms with Crippen molar-refractivity contribution in [1.82, 2.24) is 29.4 Å². The summed E-state index contributed by atoms with van der Waals surface area (Å²) in [6.45, 7) is 5.95. The van der Waals surface area contributed by atoms with E-state index in [9.17, 15) is 0 Å². The van der Waals surface area contributed by atoms with Gasteiger partial charge >= 0.3 is 0 Å². The average Bonchev–Trinajstić information content (AvgIpc) is 3.08. The maximum Gasteiger partial charge on any atom is 0.145 e. The Hall–Kier alpha value is -1.89. The molecule has 7 heteroatoms. The summed E-state index contributed by atoms with van der Waals surface area (Å²) < 4.78 is 3.96. The summed E-state index contributed by atoms with van der Waals surface area (Å²) in [5, 5.41) is 8.53. The van der Waals surface area contributed by atoms with Crippen LogP contribution in [0.25, 0.3) is 0 Å². The fourth-order valence-corrected chi connectivity index (χ4v) is 2.77. The zero-order valence-electron chi connectivity index (χ0n) is 11.8. The predicted octanol–water partition coefficient (Wildman–Crippen LogP) is 0.914. The molecular formula is C13H21N7. The molecule has 0 atom stereocenters. The van der Waals surface area contributed by atoms with Crippen LogP contribution in [0.3, 0.4) is 0 Å². The van der Waals surface area contributed by atoms with Gasteiger partial charge < -0.3 is 5.73 Å². The van der Waals surface area contributed by atoms with Crippen molar-refractivity contribution >= 4 is 5.82 Å². The predicted molar refractivity (Wildman–Crippen MR) is 75.9 cm³/mol. The molecule has 1 fully saturated rings. The maximum absolute atomic E-state index is 5.67. The lowest BCUT2D eigenvalue weighted by atomic mass is 10.1. The van der Waals surface area contributed by atoms with Crippen LogP contribution in [0.5, 0.6) is 0 Å². The molecule has 20 heavy (non-hydrogen) atoms. The lowest BCUT2D eigenvalue weighted by Gasteiger charge is -2.31. The minimum atomic E-state index is 0.465. The Morgan fingerprint density at radius 3 is 2.80 bits per heavy atom. The van der Waals surface area contributed by atoms with Gasteiger partial charge in [-0.2, -0.15) is 10.2 Å². The van der Waals surface area contributed by atoms with Crippen molar-refractivity contribution in [2.24, 2.45) is 0 Å². The Morgan fingerprint density at radius 1 is 1.35 bits per heavy atom. The number of piperidine rings is 1. The number of rotatable bonds is 4. The van der Waals surface area contributed by atoms with Crippen LogP contribution in [0.15, 0.2) is 18.6 Å². The molecular weight excluding hydrogens is 254 g/mol. The summed E-state index contributed by atoms with van der Waals surface area (Å²) in [5.41, 5.74) is 5.67. The molecule has 0 radical (unpaired) electrons. The molecule has 7 nitrogen and oxygen atoms in total. The van der Waals surface area contributed by atoms with E-state index in [1.54, 1.807) is 6.33 Å². The van der Waals surface area contributed by atoms with Gasteiger partial charge in [0.05, 0.1) is 12.6 Å². The molecule has 0 saturated carbocycles. The van der Waals surface area contributed by atoms with E-state index in [4.69, 9.17) is 5.73 Å². The minimum Gasteiger partial charge on any atom is -0.382 e. The number of hydrogen-bond acceptors (Lipinski definition) is 5. The highest BCUT2D eigenvalue weighted by Crippen LogP contribution is 2.23. The second kappa shape index (κ2) is 5.62. The fourth-order valence-electron chi connectivity index (χ4n) is 2.77. The van der Waals surface area contributed by atoms with Crippen LogP contribution < -0.4 is 5.73 Å². The van der Waals surface area contributed by atoms with Gasteiger partial charge in [-0.05, 0) is 25.8 Å². The third-order valence-electron chi connectivity index (χ3n) is 3.92. The number of anilines is 1. The first-order valence-electron chi connectivity index (χ1n) is 7.16. The molecule has 2 aromatic rings. The molecule has 3 rings (SSSR count). The van der Waals surface area contributed by atoms with Gasteiger partial charge in [0.2, 0.25) is 0 Å². The quantitative estimate of drug-likeness (QED) is 0.897. The fraction of sp³-hybridized carbons (Fsp3) is 0.615. The first-order chi connectivity index (χ1) is 9.76. The molecule has 1 saturated heterocycles. The topological polar surface area (TPSA) is 77.8 Å². The normalized spacial score (nSPS) is 17.6. The molecule has 108 valence electrons. The monoisotopic (exact) mass is 275 g/mol. The van der Waals surface area contributed by atoms with E-state index in [2.05, 4.69) is 27.0 Å². The number of aryl methyl sites for hydroxylation is 1.